The van der Waals surface area contributed by atoms with Crippen LogP contribution in [0, 0.1) is 0 Å². The maximum atomic E-state index is 11.6. The Morgan fingerprint density at radius 1 is 1.05 bits per heavy atom. The van der Waals surface area contributed by atoms with Gasteiger partial charge in [0.1, 0.15) is 11.3 Å². The molecule has 0 N–H and O–H groups in total. The van der Waals surface area contributed by atoms with Crippen LogP contribution in [0.5, 0.6) is 5.75 Å². The van der Waals surface area contributed by atoms with Gasteiger partial charge in [-0.05, 0) is 30.3 Å². The van der Waals surface area contributed by atoms with Crippen molar-refractivity contribution < 1.29 is 9.15 Å². The van der Waals surface area contributed by atoms with E-state index in [1.807, 2.05) is 42.5 Å². The Bertz CT molecular complexity index is 791. The first-order valence-corrected chi connectivity index (χ1v) is 6.93. The van der Waals surface area contributed by atoms with Gasteiger partial charge >= 0.3 is 5.63 Å². The Hall–Kier alpha value is -2.20. The molecule has 0 bridgehead atoms. The summed E-state index contributed by atoms with van der Waals surface area (Å²) in [5.74, 6) is 0.812. The first-order chi connectivity index (χ1) is 9.76. The van der Waals surface area contributed by atoms with Crippen molar-refractivity contribution in [1.82, 2.24) is 0 Å². The summed E-state index contributed by atoms with van der Waals surface area (Å²) < 4.78 is 10.3. The lowest BCUT2D eigenvalue weighted by Gasteiger charge is -2.05. The third-order valence-corrected chi connectivity index (χ3v) is 3.96. The number of methoxy groups -OCH3 is 1. The lowest BCUT2D eigenvalue weighted by Crippen LogP contribution is -1.97. The number of para-hydroxylation sites is 1. The molecule has 1 heterocycles. The van der Waals surface area contributed by atoms with Crippen molar-refractivity contribution in [3.8, 4) is 5.75 Å². The SMILES string of the molecule is COc1ccc(Sc2cc(=O)oc3ccccc23)cc1. The minimum absolute atomic E-state index is 0.334. The maximum Gasteiger partial charge on any atom is 0.337 e. The first-order valence-electron chi connectivity index (χ1n) is 6.11. The molecule has 0 amide bonds. The van der Waals surface area contributed by atoms with Gasteiger partial charge in [0.25, 0.3) is 0 Å². The largest absolute Gasteiger partial charge is 0.497 e. The molecule has 1 aromatic heterocycles. The second-order valence-corrected chi connectivity index (χ2v) is 5.32. The Morgan fingerprint density at radius 2 is 1.80 bits per heavy atom. The lowest BCUT2D eigenvalue weighted by molar-refractivity contribution is 0.414. The third kappa shape index (κ3) is 2.56. The van der Waals surface area contributed by atoms with Crippen LogP contribution in [0.2, 0.25) is 0 Å². The van der Waals surface area contributed by atoms with Gasteiger partial charge in [0.2, 0.25) is 0 Å². The van der Waals surface area contributed by atoms with Crippen LogP contribution >= 0.6 is 11.8 Å². The third-order valence-electron chi connectivity index (χ3n) is 2.90. The van der Waals surface area contributed by atoms with Gasteiger partial charge in [-0.3, -0.25) is 0 Å². The molecule has 3 aromatic rings. The average molecular weight is 284 g/mol. The van der Waals surface area contributed by atoms with Crippen molar-refractivity contribution in [1.29, 1.82) is 0 Å². The highest BCUT2D eigenvalue weighted by molar-refractivity contribution is 7.99. The van der Waals surface area contributed by atoms with E-state index in [-0.39, 0.29) is 5.63 Å². The summed E-state index contributed by atoms with van der Waals surface area (Å²) in [6.45, 7) is 0. The minimum Gasteiger partial charge on any atom is -0.497 e. The first kappa shape index (κ1) is 12.8. The highest BCUT2D eigenvalue weighted by Gasteiger charge is 2.06. The fraction of sp³-hybridized carbons (Fsp3) is 0.0625. The molecule has 4 heteroatoms. The van der Waals surface area contributed by atoms with E-state index < -0.39 is 0 Å². The summed E-state index contributed by atoms with van der Waals surface area (Å²) in [5, 5.41) is 0.938. The van der Waals surface area contributed by atoms with Gasteiger partial charge in [-0.2, -0.15) is 0 Å². The average Bonchev–Trinajstić information content (AvgIpc) is 2.48. The highest BCUT2D eigenvalue weighted by atomic mass is 32.2. The van der Waals surface area contributed by atoms with Gasteiger partial charge in [-0.25, -0.2) is 4.79 Å². The zero-order valence-corrected chi connectivity index (χ0v) is 11.6. The van der Waals surface area contributed by atoms with E-state index in [0.29, 0.717) is 5.58 Å². The van der Waals surface area contributed by atoms with Gasteiger partial charge < -0.3 is 9.15 Å². The zero-order chi connectivity index (χ0) is 13.9. The van der Waals surface area contributed by atoms with E-state index in [4.69, 9.17) is 9.15 Å². The summed E-state index contributed by atoms with van der Waals surface area (Å²) in [6.07, 6.45) is 0. The van der Waals surface area contributed by atoms with E-state index in [9.17, 15) is 4.79 Å². The van der Waals surface area contributed by atoms with Crippen LogP contribution < -0.4 is 10.4 Å². The van der Waals surface area contributed by atoms with Crippen LogP contribution in [-0.4, -0.2) is 7.11 Å². The summed E-state index contributed by atoms with van der Waals surface area (Å²) in [5.41, 5.74) is 0.274. The predicted molar refractivity (Wildman–Crippen MR) is 79.6 cm³/mol. The standard InChI is InChI=1S/C16H12O3S/c1-18-11-6-8-12(9-7-11)20-15-10-16(17)19-14-5-3-2-4-13(14)15/h2-10H,1H3. The summed E-state index contributed by atoms with van der Waals surface area (Å²) in [4.78, 5) is 13.5. The summed E-state index contributed by atoms with van der Waals surface area (Å²) in [6, 6.07) is 16.8. The van der Waals surface area contributed by atoms with Crippen LogP contribution in [-0.2, 0) is 0 Å². The molecule has 3 rings (SSSR count). The van der Waals surface area contributed by atoms with Crippen molar-refractivity contribution in [2.45, 2.75) is 9.79 Å². The van der Waals surface area contributed by atoms with Crippen LogP contribution in [0.1, 0.15) is 0 Å². The van der Waals surface area contributed by atoms with Gasteiger partial charge in [-0.15, -0.1) is 0 Å². The molecule has 0 atom stereocenters. The fourth-order valence-corrected chi connectivity index (χ4v) is 2.90. The Labute approximate surface area is 120 Å². The van der Waals surface area contributed by atoms with E-state index in [0.717, 1.165) is 20.9 Å². The summed E-state index contributed by atoms with van der Waals surface area (Å²) in [7, 11) is 1.64. The Morgan fingerprint density at radius 3 is 2.55 bits per heavy atom. The molecule has 0 saturated heterocycles. The molecule has 0 spiro atoms. The van der Waals surface area contributed by atoms with E-state index in [1.54, 1.807) is 13.2 Å². The minimum atomic E-state index is -0.334. The molecule has 2 aromatic carbocycles. The topological polar surface area (TPSA) is 39.4 Å². The molecule has 0 aliphatic rings. The summed E-state index contributed by atoms with van der Waals surface area (Å²) >= 11 is 1.53. The zero-order valence-electron chi connectivity index (χ0n) is 10.8. The molecule has 3 nitrogen and oxygen atoms in total. The molecule has 100 valence electrons. The van der Waals surface area contributed by atoms with Crippen molar-refractivity contribution in [3.63, 3.8) is 0 Å². The number of hydrogen-bond acceptors (Lipinski definition) is 4. The Kier molecular flexibility index (Phi) is 3.48. The van der Waals surface area contributed by atoms with E-state index in [1.165, 1.54) is 17.8 Å². The molecular weight excluding hydrogens is 272 g/mol. The second-order valence-electron chi connectivity index (χ2n) is 4.20. The van der Waals surface area contributed by atoms with Crippen molar-refractivity contribution >= 4 is 22.7 Å². The number of benzene rings is 2. The van der Waals surface area contributed by atoms with E-state index >= 15 is 0 Å². The smallest absolute Gasteiger partial charge is 0.337 e. The predicted octanol–water partition coefficient (Wildman–Crippen LogP) is 3.95. The molecule has 0 unspecified atom stereocenters. The molecule has 0 saturated carbocycles. The van der Waals surface area contributed by atoms with Crippen LogP contribution in [0.15, 0.2) is 73.6 Å². The van der Waals surface area contributed by atoms with Crippen molar-refractivity contribution in [2.24, 2.45) is 0 Å². The van der Waals surface area contributed by atoms with Gasteiger partial charge in [-0.1, -0.05) is 30.0 Å². The number of ether oxygens (including phenoxy) is 1. The van der Waals surface area contributed by atoms with Gasteiger partial charge in [0.15, 0.2) is 0 Å². The van der Waals surface area contributed by atoms with Crippen molar-refractivity contribution in [3.05, 3.63) is 65.0 Å². The maximum absolute atomic E-state index is 11.6. The second kappa shape index (κ2) is 5.43. The number of fused-ring (bicyclic) bond motifs is 1. The van der Waals surface area contributed by atoms with Crippen LogP contribution in [0.25, 0.3) is 11.0 Å². The molecular formula is C16H12O3S. The normalized spacial score (nSPS) is 10.7. The van der Waals surface area contributed by atoms with Crippen LogP contribution in [0.4, 0.5) is 0 Å². The molecule has 20 heavy (non-hydrogen) atoms. The quantitative estimate of drug-likeness (QED) is 0.683. The van der Waals surface area contributed by atoms with Crippen LogP contribution in [0.3, 0.4) is 0 Å². The Balaban J connectivity index is 2.03. The molecule has 0 radical (unpaired) electrons. The number of rotatable bonds is 3. The number of hydrogen-bond donors (Lipinski definition) is 0. The molecule has 0 aliphatic heterocycles. The monoisotopic (exact) mass is 284 g/mol. The highest BCUT2D eigenvalue weighted by Crippen LogP contribution is 2.33. The fourth-order valence-electron chi connectivity index (χ4n) is 1.94. The molecule has 0 aliphatic carbocycles. The van der Waals surface area contributed by atoms with Crippen molar-refractivity contribution in [2.75, 3.05) is 7.11 Å². The van der Waals surface area contributed by atoms with E-state index in [2.05, 4.69) is 0 Å². The van der Waals surface area contributed by atoms with Gasteiger partial charge in [0.05, 0.1) is 7.11 Å². The lowest BCUT2D eigenvalue weighted by atomic mass is 10.2. The van der Waals surface area contributed by atoms with Gasteiger partial charge in [0, 0.05) is 21.2 Å². The molecule has 0 fully saturated rings.